The van der Waals surface area contributed by atoms with E-state index in [1.807, 2.05) is 24.3 Å². The summed E-state index contributed by atoms with van der Waals surface area (Å²) >= 11 is 0. The van der Waals surface area contributed by atoms with Gasteiger partial charge in [0.05, 0.1) is 18.7 Å². The predicted molar refractivity (Wildman–Crippen MR) is 140 cm³/mol. The molecule has 1 unspecified atom stereocenters. The summed E-state index contributed by atoms with van der Waals surface area (Å²) in [4.78, 5) is 35.3. The van der Waals surface area contributed by atoms with Crippen LogP contribution in [0.3, 0.4) is 0 Å². The van der Waals surface area contributed by atoms with Crippen molar-refractivity contribution in [1.29, 1.82) is 0 Å². The van der Waals surface area contributed by atoms with Gasteiger partial charge in [-0.15, -0.1) is 0 Å². The van der Waals surface area contributed by atoms with E-state index in [2.05, 4.69) is 46.1 Å². The fourth-order valence-electron chi connectivity index (χ4n) is 4.17. The van der Waals surface area contributed by atoms with Crippen LogP contribution in [0.1, 0.15) is 37.3 Å². The third-order valence-corrected chi connectivity index (χ3v) is 6.21. The molecule has 4 rings (SSSR count). The van der Waals surface area contributed by atoms with Crippen molar-refractivity contribution in [3.05, 3.63) is 54.2 Å². The monoisotopic (exact) mass is 507 g/mol. The maximum atomic E-state index is 12.8. The van der Waals surface area contributed by atoms with Crippen molar-refractivity contribution >= 4 is 29.1 Å². The van der Waals surface area contributed by atoms with Gasteiger partial charge in [0.15, 0.2) is 5.65 Å². The first-order chi connectivity index (χ1) is 17.9. The molecule has 0 spiro atoms. The van der Waals surface area contributed by atoms with E-state index in [0.717, 1.165) is 11.1 Å². The molecule has 1 saturated heterocycles. The smallest absolute Gasteiger partial charge is 0.321 e. The van der Waals surface area contributed by atoms with Crippen molar-refractivity contribution in [3.8, 4) is 6.01 Å². The summed E-state index contributed by atoms with van der Waals surface area (Å²) in [5.74, 6) is 0.238. The second kappa shape index (κ2) is 11.8. The highest BCUT2D eigenvalue weighted by molar-refractivity contribution is 5.94. The van der Waals surface area contributed by atoms with Gasteiger partial charge < -0.3 is 25.0 Å². The Labute approximate surface area is 215 Å². The van der Waals surface area contributed by atoms with Crippen molar-refractivity contribution in [1.82, 2.24) is 24.5 Å². The van der Waals surface area contributed by atoms with E-state index in [-0.39, 0.29) is 29.7 Å². The summed E-state index contributed by atoms with van der Waals surface area (Å²) < 4.78 is 12.4. The zero-order valence-electron chi connectivity index (χ0n) is 21.4. The molecule has 1 aliphatic heterocycles. The van der Waals surface area contributed by atoms with Gasteiger partial charge in [-0.3, -0.25) is 9.59 Å². The summed E-state index contributed by atoms with van der Waals surface area (Å²) in [6.07, 6.45) is 3.71. The van der Waals surface area contributed by atoms with Gasteiger partial charge in [0, 0.05) is 38.0 Å². The first-order valence-electron chi connectivity index (χ1n) is 12.3. The topological polar surface area (TPSA) is 123 Å². The average molecular weight is 508 g/mol. The van der Waals surface area contributed by atoms with Gasteiger partial charge in [-0.2, -0.15) is 19.6 Å². The van der Waals surface area contributed by atoms with E-state index in [1.165, 1.54) is 6.08 Å². The fraction of sp³-hybridized carbons (Fsp3) is 0.423. The number of anilines is 2. The number of likely N-dealkylation sites (tertiary alicyclic amines) is 1. The lowest BCUT2D eigenvalue weighted by Gasteiger charge is -2.15. The second-order valence-corrected chi connectivity index (χ2v) is 9.18. The summed E-state index contributed by atoms with van der Waals surface area (Å²) in [6, 6.07) is 7.84. The number of nitrogens with one attached hydrogen (secondary N) is 2. The van der Waals surface area contributed by atoms with Gasteiger partial charge in [-0.25, -0.2) is 0 Å². The molecule has 1 atom stereocenters. The highest BCUT2D eigenvalue weighted by Gasteiger charge is 2.30. The second-order valence-electron chi connectivity index (χ2n) is 9.18. The van der Waals surface area contributed by atoms with Crippen LogP contribution < -0.4 is 15.4 Å². The molecule has 1 fully saturated rings. The number of benzene rings is 1. The Bertz CT molecular complexity index is 1270. The minimum atomic E-state index is -0.244. The molecule has 1 aliphatic rings. The zero-order chi connectivity index (χ0) is 26.4. The molecule has 2 amide bonds. The fourth-order valence-corrected chi connectivity index (χ4v) is 4.17. The van der Waals surface area contributed by atoms with Crippen LogP contribution in [-0.2, 0) is 20.9 Å². The summed E-state index contributed by atoms with van der Waals surface area (Å²) in [5, 5.41) is 10.8. The lowest BCUT2D eigenvalue weighted by atomic mass is 10.1. The maximum absolute atomic E-state index is 12.8. The number of aromatic nitrogens is 4. The number of ether oxygens (including phenoxy) is 2. The largest absolute Gasteiger partial charge is 0.461 e. The van der Waals surface area contributed by atoms with Crippen LogP contribution in [0.5, 0.6) is 6.01 Å². The minimum absolute atomic E-state index is 0.0995. The van der Waals surface area contributed by atoms with Gasteiger partial charge in [-0.1, -0.05) is 32.6 Å². The molecule has 3 aromatic rings. The van der Waals surface area contributed by atoms with Crippen LogP contribution in [0.2, 0.25) is 0 Å². The molecule has 2 aromatic heterocycles. The lowest BCUT2D eigenvalue weighted by molar-refractivity contribution is -0.125. The normalized spacial score (nSPS) is 15.2. The summed E-state index contributed by atoms with van der Waals surface area (Å²) in [6.45, 7) is 9.84. The molecule has 0 bridgehead atoms. The SMILES string of the molecule is C=CC(=O)N1CCC(C(=O)Nc2cccc(CNc3nc(OCCOC)nc4c(C(C)C)cnn34)c2)C1. The minimum Gasteiger partial charge on any atom is -0.461 e. The van der Waals surface area contributed by atoms with Crippen LogP contribution >= 0.6 is 0 Å². The van der Waals surface area contributed by atoms with E-state index < -0.39 is 0 Å². The van der Waals surface area contributed by atoms with E-state index in [1.54, 1.807) is 22.7 Å². The van der Waals surface area contributed by atoms with Crippen molar-refractivity contribution in [2.24, 2.45) is 5.92 Å². The molecule has 37 heavy (non-hydrogen) atoms. The Morgan fingerprint density at radius 3 is 2.86 bits per heavy atom. The lowest BCUT2D eigenvalue weighted by Crippen LogP contribution is -2.30. The predicted octanol–water partition coefficient (Wildman–Crippen LogP) is 2.86. The van der Waals surface area contributed by atoms with E-state index in [4.69, 9.17) is 9.47 Å². The molecular formula is C26H33N7O4. The molecular weight excluding hydrogens is 474 g/mol. The van der Waals surface area contributed by atoms with Crippen molar-refractivity contribution in [3.63, 3.8) is 0 Å². The van der Waals surface area contributed by atoms with Crippen molar-refractivity contribution in [2.75, 3.05) is 44.0 Å². The first kappa shape index (κ1) is 26.1. The average Bonchev–Trinajstić information content (AvgIpc) is 3.55. The number of fused-ring (bicyclic) bond motifs is 1. The van der Waals surface area contributed by atoms with Crippen LogP contribution in [0.15, 0.2) is 43.1 Å². The number of rotatable bonds is 11. The Kier molecular flexibility index (Phi) is 8.34. The first-order valence-corrected chi connectivity index (χ1v) is 12.3. The summed E-state index contributed by atoms with van der Waals surface area (Å²) in [7, 11) is 1.61. The third kappa shape index (κ3) is 6.23. The Morgan fingerprint density at radius 2 is 2.11 bits per heavy atom. The zero-order valence-corrected chi connectivity index (χ0v) is 21.4. The molecule has 11 heteroatoms. The van der Waals surface area contributed by atoms with Gasteiger partial charge in [0.2, 0.25) is 17.8 Å². The molecule has 11 nitrogen and oxygen atoms in total. The van der Waals surface area contributed by atoms with Gasteiger partial charge in [0.25, 0.3) is 0 Å². The van der Waals surface area contributed by atoms with Crippen LogP contribution in [0.4, 0.5) is 11.6 Å². The maximum Gasteiger partial charge on any atom is 0.321 e. The number of amides is 2. The Balaban J connectivity index is 1.45. The number of methoxy groups -OCH3 is 1. The Hall–Kier alpha value is -3.99. The summed E-state index contributed by atoms with van der Waals surface area (Å²) in [5.41, 5.74) is 3.31. The molecule has 196 valence electrons. The third-order valence-electron chi connectivity index (χ3n) is 6.21. The van der Waals surface area contributed by atoms with Crippen LogP contribution in [0, 0.1) is 5.92 Å². The van der Waals surface area contributed by atoms with Gasteiger partial charge in [-0.05, 0) is 36.1 Å². The molecule has 0 saturated carbocycles. The van der Waals surface area contributed by atoms with Gasteiger partial charge in [0.1, 0.15) is 6.61 Å². The molecule has 0 aliphatic carbocycles. The number of hydrogen-bond acceptors (Lipinski definition) is 8. The number of carbonyl (C=O) groups is 2. The van der Waals surface area contributed by atoms with E-state index in [9.17, 15) is 9.59 Å². The number of hydrogen-bond donors (Lipinski definition) is 2. The standard InChI is InChI=1S/C26H33N7O4/c1-5-22(34)32-10-9-19(16-32)24(35)29-20-8-6-7-18(13-20)14-27-25-31-26(37-12-11-36-4)30-23-21(17(2)3)15-28-33(23)25/h5-8,13,15,17,19H,1,9-12,14,16H2,2-4H3,(H,29,35)(H,27,30,31). The Morgan fingerprint density at radius 1 is 1.27 bits per heavy atom. The number of nitrogens with zero attached hydrogens (tertiary/aromatic N) is 5. The highest BCUT2D eigenvalue weighted by atomic mass is 16.5. The molecule has 0 radical (unpaired) electrons. The molecule has 2 N–H and O–H groups in total. The molecule has 3 heterocycles. The van der Waals surface area contributed by atoms with Crippen LogP contribution in [-0.4, -0.2) is 69.7 Å². The quantitative estimate of drug-likeness (QED) is 0.300. The number of carbonyl (C=O) groups excluding carboxylic acids is 2. The van der Waals surface area contributed by atoms with Gasteiger partial charge >= 0.3 is 6.01 Å². The molecule has 1 aromatic carbocycles. The van der Waals surface area contributed by atoms with Crippen molar-refractivity contribution < 1.29 is 19.1 Å². The van der Waals surface area contributed by atoms with Crippen molar-refractivity contribution in [2.45, 2.75) is 32.7 Å². The highest BCUT2D eigenvalue weighted by Crippen LogP contribution is 2.24. The van der Waals surface area contributed by atoms with E-state index >= 15 is 0 Å². The van der Waals surface area contributed by atoms with Crippen LogP contribution in [0.25, 0.3) is 5.65 Å². The van der Waals surface area contributed by atoms with E-state index in [0.29, 0.717) is 56.6 Å².